The van der Waals surface area contributed by atoms with Gasteiger partial charge in [-0.1, -0.05) is 37.5 Å². The third kappa shape index (κ3) is 6.28. The Bertz CT molecular complexity index is 689. The molecule has 2 N–H and O–H groups in total. The van der Waals surface area contributed by atoms with E-state index in [4.69, 9.17) is 0 Å². The molecule has 1 aromatic rings. The Kier molecular flexibility index (Phi) is 7.98. The first-order chi connectivity index (χ1) is 12.3. The van der Waals surface area contributed by atoms with Gasteiger partial charge in [0.1, 0.15) is 6.04 Å². The van der Waals surface area contributed by atoms with E-state index in [2.05, 4.69) is 17.0 Å². The SMILES string of the molecule is CSCCC(NS(=O)(=O)c1ccc(C)cc1)C(=O)NC1CCCC(C)C1. The fourth-order valence-electron chi connectivity index (χ4n) is 3.32. The number of thioether (sulfide) groups is 1. The van der Waals surface area contributed by atoms with Crippen LogP contribution in [0, 0.1) is 12.8 Å². The van der Waals surface area contributed by atoms with E-state index in [0.29, 0.717) is 12.3 Å². The van der Waals surface area contributed by atoms with Gasteiger partial charge in [-0.25, -0.2) is 8.42 Å². The van der Waals surface area contributed by atoms with Crippen LogP contribution in [0.1, 0.15) is 44.6 Å². The lowest BCUT2D eigenvalue weighted by molar-refractivity contribution is -0.123. The minimum absolute atomic E-state index is 0.145. The van der Waals surface area contributed by atoms with Crippen LogP contribution in [0.4, 0.5) is 0 Å². The third-order valence-electron chi connectivity index (χ3n) is 4.84. The highest BCUT2D eigenvalue weighted by Crippen LogP contribution is 2.23. The lowest BCUT2D eigenvalue weighted by atomic mass is 9.87. The van der Waals surface area contributed by atoms with Gasteiger partial charge in [-0.2, -0.15) is 16.5 Å². The lowest BCUT2D eigenvalue weighted by Crippen LogP contribution is -2.50. The van der Waals surface area contributed by atoms with Gasteiger partial charge < -0.3 is 5.32 Å². The van der Waals surface area contributed by atoms with Crippen molar-refractivity contribution in [2.75, 3.05) is 12.0 Å². The molecule has 0 radical (unpaired) electrons. The minimum atomic E-state index is -3.72. The van der Waals surface area contributed by atoms with E-state index in [-0.39, 0.29) is 16.8 Å². The number of nitrogens with one attached hydrogen (secondary N) is 2. The summed E-state index contributed by atoms with van der Waals surface area (Å²) in [5, 5.41) is 3.07. The van der Waals surface area contributed by atoms with Gasteiger partial charge >= 0.3 is 0 Å². The minimum Gasteiger partial charge on any atom is -0.352 e. The molecule has 0 spiro atoms. The summed E-state index contributed by atoms with van der Waals surface area (Å²) in [4.78, 5) is 12.9. The maximum absolute atomic E-state index is 12.7. The van der Waals surface area contributed by atoms with Gasteiger partial charge in [0.05, 0.1) is 4.90 Å². The predicted molar refractivity (Wildman–Crippen MR) is 108 cm³/mol. The molecule has 1 aliphatic rings. The summed E-state index contributed by atoms with van der Waals surface area (Å²) in [5.74, 6) is 1.10. The molecule has 0 aromatic heterocycles. The van der Waals surface area contributed by atoms with Crippen molar-refractivity contribution in [2.24, 2.45) is 5.92 Å². The molecule has 0 saturated heterocycles. The molecule has 1 saturated carbocycles. The van der Waals surface area contributed by atoms with Gasteiger partial charge in [-0.3, -0.25) is 4.79 Å². The largest absolute Gasteiger partial charge is 0.352 e. The molecule has 2 rings (SSSR count). The number of sulfonamides is 1. The van der Waals surface area contributed by atoms with Crippen LogP contribution in [-0.4, -0.2) is 38.4 Å². The molecule has 3 unspecified atom stereocenters. The first-order valence-corrected chi connectivity index (χ1v) is 12.1. The average molecular weight is 399 g/mol. The number of hydrogen-bond donors (Lipinski definition) is 2. The summed E-state index contributed by atoms with van der Waals surface area (Å²) in [6.45, 7) is 4.10. The molecular weight excluding hydrogens is 368 g/mol. The zero-order valence-electron chi connectivity index (χ0n) is 15.8. The summed E-state index contributed by atoms with van der Waals surface area (Å²) in [7, 11) is -3.72. The van der Waals surface area contributed by atoms with Crippen molar-refractivity contribution in [3.8, 4) is 0 Å². The number of amides is 1. The van der Waals surface area contributed by atoms with Crippen LogP contribution in [0.5, 0.6) is 0 Å². The van der Waals surface area contributed by atoms with Gasteiger partial charge in [0.15, 0.2) is 0 Å². The van der Waals surface area contributed by atoms with Crippen molar-refractivity contribution < 1.29 is 13.2 Å². The van der Waals surface area contributed by atoms with E-state index in [1.165, 1.54) is 6.42 Å². The van der Waals surface area contributed by atoms with Crippen LogP contribution in [0.25, 0.3) is 0 Å². The molecule has 0 aliphatic heterocycles. The highest BCUT2D eigenvalue weighted by molar-refractivity contribution is 7.98. The molecule has 26 heavy (non-hydrogen) atoms. The Morgan fingerprint density at radius 3 is 2.58 bits per heavy atom. The third-order valence-corrected chi connectivity index (χ3v) is 6.97. The number of carbonyl (C=O) groups excluding carboxylic acids is 1. The Labute approximate surface area is 161 Å². The van der Waals surface area contributed by atoms with Crippen molar-refractivity contribution in [2.45, 2.75) is 62.9 Å². The molecule has 1 fully saturated rings. The molecule has 7 heteroatoms. The van der Waals surface area contributed by atoms with Crippen LogP contribution in [0.3, 0.4) is 0 Å². The first kappa shape index (κ1) is 21.3. The van der Waals surface area contributed by atoms with Gasteiger partial charge in [0.25, 0.3) is 0 Å². The van der Waals surface area contributed by atoms with Crippen LogP contribution in [0.2, 0.25) is 0 Å². The molecule has 0 heterocycles. The van der Waals surface area contributed by atoms with Crippen molar-refractivity contribution in [1.29, 1.82) is 0 Å². The topological polar surface area (TPSA) is 75.3 Å². The Morgan fingerprint density at radius 2 is 1.96 bits per heavy atom. The quantitative estimate of drug-likeness (QED) is 0.706. The fourth-order valence-corrected chi connectivity index (χ4v) is 5.02. The zero-order valence-corrected chi connectivity index (χ0v) is 17.5. The summed E-state index contributed by atoms with van der Waals surface area (Å²) in [6, 6.07) is 6.07. The van der Waals surface area contributed by atoms with Crippen LogP contribution in [-0.2, 0) is 14.8 Å². The van der Waals surface area contributed by atoms with Crippen molar-refractivity contribution in [3.63, 3.8) is 0 Å². The monoisotopic (exact) mass is 398 g/mol. The summed E-state index contributed by atoms with van der Waals surface area (Å²) >= 11 is 1.60. The van der Waals surface area contributed by atoms with E-state index in [0.717, 1.165) is 30.6 Å². The Hall–Kier alpha value is -1.05. The van der Waals surface area contributed by atoms with E-state index < -0.39 is 16.1 Å². The fraction of sp³-hybridized carbons (Fsp3) is 0.632. The molecule has 0 bridgehead atoms. The van der Waals surface area contributed by atoms with Crippen LogP contribution in [0.15, 0.2) is 29.2 Å². The molecule has 146 valence electrons. The molecule has 1 aromatic carbocycles. The van der Waals surface area contributed by atoms with Crippen LogP contribution >= 0.6 is 11.8 Å². The first-order valence-electron chi connectivity index (χ1n) is 9.20. The number of hydrogen-bond acceptors (Lipinski definition) is 4. The van der Waals surface area contributed by atoms with E-state index in [1.807, 2.05) is 13.2 Å². The number of benzene rings is 1. The van der Waals surface area contributed by atoms with Gasteiger partial charge in [0.2, 0.25) is 15.9 Å². The zero-order chi connectivity index (χ0) is 19.2. The molecule has 1 aliphatic carbocycles. The normalized spacial score (nSPS) is 22.0. The Morgan fingerprint density at radius 1 is 1.27 bits per heavy atom. The molecule has 1 amide bonds. The van der Waals surface area contributed by atoms with Gasteiger partial charge in [-0.05, 0) is 56.2 Å². The highest BCUT2D eigenvalue weighted by atomic mass is 32.2. The molecular formula is C19H30N2O3S2. The second-order valence-corrected chi connectivity index (χ2v) is 9.95. The van der Waals surface area contributed by atoms with Crippen LogP contribution < -0.4 is 10.0 Å². The van der Waals surface area contributed by atoms with E-state index >= 15 is 0 Å². The predicted octanol–water partition coefficient (Wildman–Crippen LogP) is 3.09. The van der Waals surface area contributed by atoms with E-state index in [1.54, 1.807) is 36.0 Å². The van der Waals surface area contributed by atoms with Gasteiger partial charge in [0, 0.05) is 6.04 Å². The maximum atomic E-state index is 12.7. The average Bonchev–Trinajstić information content (AvgIpc) is 2.59. The lowest BCUT2D eigenvalue weighted by Gasteiger charge is -2.29. The maximum Gasteiger partial charge on any atom is 0.241 e. The molecule has 3 atom stereocenters. The van der Waals surface area contributed by atoms with Crippen molar-refractivity contribution in [1.82, 2.24) is 10.0 Å². The van der Waals surface area contributed by atoms with Gasteiger partial charge in [-0.15, -0.1) is 0 Å². The summed E-state index contributed by atoms with van der Waals surface area (Å²) in [6.07, 6.45) is 6.66. The number of carbonyl (C=O) groups is 1. The molecule has 5 nitrogen and oxygen atoms in total. The number of rotatable bonds is 8. The second-order valence-electron chi connectivity index (χ2n) is 7.25. The van der Waals surface area contributed by atoms with E-state index in [9.17, 15) is 13.2 Å². The van der Waals surface area contributed by atoms with Crippen molar-refractivity contribution >= 4 is 27.7 Å². The summed E-state index contributed by atoms with van der Waals surface area (Å²) in [5.41, 5.74) is 0.993. The Balaban J connectivity index is 2.07. The highest BCUT2D eigenvalue weighted by Gasteiger charge is 2.28. The summed E-state index contributed by atoms with van der Waals surface area (Å²) < 4.78 is 27.9. The second kappa shape index (κ2) is 9.76. The standard InChI is InChI=1S/C19H30N2O3S2/c1-14-7-9-17(10-8-14)26(23,24)21-18(11-12-25-3)19(22)20-16-6-4-5-15(2)13-16/h7-10,15-16,18,21H,4-6,11-13H2,1-3H3,(H,20,22). The van der Waals surface area contributed by atoms with Crippen molar-refractivity contribution in [3.05, 3.63) is 29.8 Å². The number of aryl methyl sites for hydroxylation is 1. The smallest absolute Gasteiger partial charge is 0.241 e.